The highest BCUT2D eigenvalue weighted by molar-refractivity contribution is 4.95. The SMILES string of the molecule is NCC1(NC2CCCCC2CO)CCCCCC1. The first-order chi connectivity index (χ1) is 8.79. The lowest BCUT2D eigenvalue weighted by atomic mass is 9.81. The van der Waals surface area contributed by atoms with Crippen molar-refractivity contribution in [2.24, 2.45) is 11.7 Å². The molecular formula is C15H30N2O. The molecule has 106 valence electrons. The maximum Gasteiger partial charge on any atom is 0.0474 e. The molecule has 0 spiro atoms. The van der Waals surface area contributed by atoms with Gasteiger partial charge in [-0.05, 0) is 31.6 Å². The van der Waals surface area contributed by atoms with Gasteiger partial charge in [0.15, 0.2) is 0 Å². The van der Waals surface area contributed by atoms with Crippen LogP contribution in [0.4, 0.5) is 0 Å². The molecule has 0 radical (unpaired) electrons. The summed E-state index contributed by atoms with van der Waals surface area (Å²) in [5.74, 6) is 0.449. The van der Waals surface area contributed by atoms with Crippen molar-refractivity contribution in [3.05, 3.63) is 0 Å². The van der Waals surface area contributed by atoms with Gasteiger partial charge in [-0.3, -0.25) is 0 Å². The fraction of sp³-hybridized carbons (Fsp3) is 1.00. The third-order valence-electron chi connectivity index (χ3n) is 5.09. The van der Waals surface area contributed by atoms with Crippen LogP contribution in [0.1, 0.15) is 64.2 Å². The minimum Gasteiger partial charge on any atom is -0.396 e. The molecule has 0 aromatic heterocycles. The molecule has 2 rings (SSSR count). The standard InChI is InChI=1S/C15H30N2O/c16-12-15(9-5-1-2-6-10-15)17-14-8-4-3-7-13(14)11-18/h13-14,17-18H,1-12,16H2. The van der Waals surface area contributed by atoms with E-state index in [1.165, 1.54) is 64.2 Å². The second-order valence-corrected chi connectivity index (χ2v) is 6.38. The summed E-state index contributed by atoms with van der Waals surface area (Å²) in [6.45, 7) is 1.08. The van der Waals surface area contributed by atoms with E-state index in [2.05, 4.69) is 5.32 Å². The molecule has 2 aliphatic rings. The fourth-order valence-corrected chi connectivity index (χ4v) is 3.82. The molecule has 2 saturated carbocycles. The Morgan fingerprint density at radius 3 is 2.28 bits per heavy atom. The van der Waals surface area contributed by atoms with E-state index in [-0.39, 0.29) is 5.54 Å². The van der Waals surface area contributed by atoms with Crippen molar-refractivity contribution in [3.8, 4) is 0 Å². The number of nitrogens with two attached hydrogens (primary N) is 1. The lowest BCUT2D eigenvalue weighted by molar-refractivity contribution is 0.122. The van der Waals surface area contributed by atoms with E-state index in [0.717, 1.165) is 6.54 Å². The molecule has 0 aliphatic heterocycles. The second-order valence-electron chi connectivity index (χ2n) is 6.38. The lowest BCUT2D eigenvalue weighted by Gasteiger charge is -2.41. The van der Waals surface area contributed by atoms with Gasteiger partial charge in [0.25, 0.3) is 0 Å². The van der Waals surface area contributed by atoms with Gasteiger partial charge in [-0.1, -0.05) is 38.5 Å². The summed E-state index contributed by atoms with van der Waals surface area (Å²) >= 11 is 0. The number of aliphatic hydroxyl groups is 1. The Hall–Kier alpha value is -0.120. The van der Waals surface area contributed by atoms with Crippen molar-refractivity contribution in [1.29, 1.82) is 0 Å². The van der Waals surface area contributed by atoms with Crippen LogP contribution in [0.15, 0.2) is 0 Å². The molecule has 4 N–H and O–H groups in total. The van der Waals surface area contributed by atoms with Gasteiger partial charge in [-0.2, -0.15) is 0 Å². The molecular weight excluding hydrogens is 224 g/mol. The maximum absolute atomic E-state index is 9.53. The highest BCUT2D eigenvalue weighted by atomic mass is 16.3. The predicted molar refractivity (Wildman–Crippen MR) is 75.5 cm³/mol. The van der Waals surface area contributed by atoms with Crippen molar-refractivity contribution in [1.82, 2.24) is 5.32 Å². The van der Waals surface area contributed by atoms with Gasteiger partial charge < -0.3 is 16.2 Å². The monoisotopic (exact) mass is 254 g/mol. The minimum absolute atomic E-state index is 0.159. The second kappa shape index (κ2) is 6.88. The van der Waals surface area contributed by atoms with Crippen LogP contribution in [-0.4, -0.2) is 29.8 Å². The molecule has 0 bridgehead atoms. The maximum atomic E-state index is 9.53. The summed E-state index contributed by atoms with van der Waals surface area (Å²) in [4.78, 5) is 0. The predicted octanol–water partition coefficient (Wildman–Crippen LogP) is 2.18. The zero-order valence-electron chi connectivity index (χ0n) is 11.7. The number of hydrogen-bond acceptors (Lipinski definition) is 3. The minimum atomic E-state index is 0.159. The molecule has 3 heteroatoms. The highest BCUT2D eigenvalue weighted by Crippen LogP contribution is 2.31. The molecule has 2 fully saturated rings. The van der Waals surface area contributed by atoms with Gasteiger partial charge in [-0.15, -0.1) is 0 Å². The van der Waals surface area contributed by atoms with E-state index in [1.807, 2.05) is 0 Å². The number of aliphatic hydroxyl groups excluding tert-OH is 1. The summed E-state index contributed by atoms with van der Waals surface area (Å²) in [5, 5.41) is 13.4. The third kappa shape index (κ3) is 3.46. The molecule has 0 aromatic rings. The van der Waals surface area contributed by atoms with Gasteiger partial charge in [0.05, 0.1) is 0 Å². The Morgan fingerprint density at radius 1 is 1.00 bits per heavy atom. The fourth-order valence-electron chi connectivity index (χ4n) is 3.82. The first-order valence-electron chi connectivity index (χ1n) is 7.88. The van der Waals surface area contributed by atoms with Crippen molar-refractivity contribution in [2.45, 2.75) is 75.8 Å². The van der Waals surface area contributed by atoms with E-state index >= 15 is 0 Å². The Kier molecular flexibility index (Phi) is 5.46. The molecule has 2 aliphatic carbocycles. The summed E-state index contributed by atoms with van der Waals surface area (Å²) in [6, 6.07) is 0.491. The van der Waals surface area contributed by atoms with Gasteiger partial charge >= 0.3 is 0 Å². The van der Waals surface area contributed by atoms with Crippen molar-refractivity contribution >= 4 is 0 Å². The van der Waals surface area contributed by atoms with Gasteiger partial charge in [-0.25, -0.2) is 0 Å². The van der Waals surface area contributed by atoms with Crippen LogP contribution in [0, 0.1) is 5.92 Å². The number of nitrogens with one attached hydrogen (secondary N) is 1. The molecule has 18 heavy (non-hydrogen) atoms. The van der Waals surface area contributed by atoms with E-state index in [4.69, 9.17) is 5.73 Å². The normalized spacial score (nSPS) is 33.0. The molecule has 0 amide bonds. The van der Waals surface area contributed by atoms with Crippen molar-refractivity contribution in [3.63, 3.8) is 0 Å². The van der Waals surface area contributed by atoms with E-state index in [1.54, 1.807) is 0 Å². The van der Waals surface area contributed by atoms with Crippen molar-refractivity contribution < 1.29 is 5.11 Å². The summed E-state index contributed by atoms with van der Waals surface area (Å²) in [6.07, 6.45) is 12.7. The average Bonchev–Trinajstić information content (AvgIpc) is 2.66. The largest absolute Gasteiger partial charge is 0.396 e. The zero-order valence-corrected chi connectivity index (χ0v) is 11.7. The molecule has 2 unspecified atom stereocenters. The number of hydrogen-bond donors (Lipinski definition) is 3. The summed E-state index contributed by atoms with van der Waals surface area (Å²) in [7, 11) is 0. The van der Waals surface area contributed by atoms with Crippen LogP contribution in [0.5, 0.6) is 0 Å². The average molecular weight is 254 g/mol. The van der Waals surface area contributed by atoms with Crippen LogP contribution in [-0.2, 0) is 0 Å². The smallest absolute Gasteiger partial charge is 0.0474 e. The lowest BCUT2D eigenvalue weighted by Crippen LogP contribution is -2.57. The molecule has 0 aromatic carbocycles. The Labute approximate surface area is 112 Å². The summed E-state index contributed by atoms with van der Waals surface area (Å²) in [5.41, 5.74) is 6.25. The van der Waals surface area contributed by atoms with Crippen LogP contribution >= 0.6 is 0 Å². The Bertz CT molecular complexity index is 237. The molecule has 0 saturated heterocycles. The first kappa shape index (κ1) is 14.3. The molecule has 3 nitrogen and oxygen atoms in total. The van der Waals surface area contributed by atoms with Crippen molar-refractivity contribution in [2.75, 3.05) is 13.2 Å². The molecule has 0 heterocycles. The van der Waals surface area contributed by atoms with Crippen LogP contribution in [0.25, 0.3) is 0 Å². The van der Waals surface area contributed by atoms with E-state index < -0.39 is 0 Å². The zero-order chi connectivity index (χ0) is 12.8. The van der Waals surface area contributed by atoms with Gasteiger partial charge in [0.1, 0.15) is 0 Å². The highest BCUT2D eigenvalue weighted by Gasteiger charge is 2.34. The van der Waals surface area contributed by atoms with Gasteiger partial charge in [0, 0.05) is 24.7 Å². The Balaban J connectivity index is 1.98. The van der Waals surface area contributed by atoms with Crippen LogP contribution in [0.3, 0.4) is 0 Å². The Morgan fingerprint density at radius 2 is 1.67 bits per heavy atom. The first-order valence-corrected chi connectivity index (χ1v) is 7.88. The number of rotatable bonds is 4. The topological polar surface area (TPSA) is 58.3 Å². The molecule has 2 atom stereocenters. The summed E-state index contributed by atoms with van der Waals surface area (Å²) < 4.78 is 0. The van der Waals surface area contributed by atoms with E-state index in [9.17, 15) is 5.11 Å². The van der Waals surface area contributed by atoms with E-state index in [0.29, 0.717) is 18.6 Å². The van der Waals surface area contributed by atoms with Gasteiger partial charge in [0.2, 0.25) is 0 Å². The van der Waals surface area contributed by atoms with Crippen LogP contribution in [0.2, 0.25) is 0 Å². The third-order valence-corrected chi connectivity index (χ3v) is 5.09. The van der Waals surface area contributed by atoms with Crippen LogP contribution < -0.4 is 11.1 Å². The quantitative estimate of drug-likeness (QED) is 0.674.